The topological polar surface area (TPSA) is 254 Å². The fraction of sp³-hybridized carbons (Fsp3) is 0.325. The smallest absolute Gasteiger partial charge is 0.338 e. The molecular weight excluding hydrogens is 758 g/mol. The van der Waals surface area contributed by atoms with Crippen molar-refractivity contribution >= 4 is 40.9 Å². The Kier molecular flexibility index (Phi) is 13.0. The van der Waals surface area contributed by atoms with E-state index in [1.54, 1.807) is 97.9 Å². The average Bonchev–Trinajstić information content (AvgIpc) is 3.89. The molecule has 0 spiro atoms. The lowest BCUT2D eigenvalue weighted by molar-refractivity contribution is -0.191. The van der Waals surface area contributed by atoms with E-state index in [1.807, 2.05) is 0 Å². The molecule has 4 heterocycles. The number of carbonyl (C=O) groups is 4. The number of esters is 4. The number of benzene rings is 3. The number of nitrogens with two attached hydrogens (primary N) is 1. The molecule has 10 atom stereocenters. The van der Waals surface area contributed by atoms with Crippen LogP contribution in [0.15, 0.2) is 104 Å². The van der Waals surface area contributed by atoms with E-state index in [1.165, 1.54) is 24.1 Å². The molecule has 2 aliphatic heterocycles. The van der Waals surface area contributed by atoms with Crippen LogP contribution in [-0.4, -0.2) is 114 Å². The lowest BCUT2D eigenvalue weighted by Crippen LogP contribution is -2.45. The minimum Gasteiger partial charge on any atom is -0.456 e. The van der Waals surface area contributed by atoms with Gasteiger partial charge in [-0.15, -0.1) is 0 Å². The summed E-state index contributed by atoms with van der Waals surface area (Å²) < 4.78 is 35.2. The number of fused-ring (bicyclic) bond motifs is 1. The van der Waals surface area contributed by atoms with Crippen molar-refractivity contribution in [1.82, 2.24) is 19.5 Å². The summed E-state index contributed by atoms with van der Waals surface area (Å²) >= 11 is 0. The van der Waals surface area contributed by atoms with Gasteiger partial charge in [-0.3, -0.25) is 9.36 Å². The van der Waals surface area contributed by atoms with E-state index >= 15 is 0 Å². The van der Waals surface area contributed by atoms with Crippen LogP contribution >= 0.6 is 0 Å². The molecule has 304 valence electrons. The summed E-state index contributed by atoms with van der Waals surface area (Å²) in [5.41, 5.74) is 7.24. The monoisotopic (exact) mass is 799 g/mol. The zero-order valence-corrected chi connectivity index (χ0v) is 31.4. The molecule has 2 aromatic heterocycles. The highest BCUT2D eigenvalue weighted by Crippen LogP contribution is 2.34. The first-order valence-corrected chi connectivity index (χ1v) is 18.1. The Balaban J connectivity index is 0.000000237. The minimum atomic E-state index is -1.42. The van der Waals surface area contributed by atoms with Crippen molar-refractivity contribution in [3.05, 3.63) is 120 Å². The molecule has 5 aromatic rings. The Morgan fingerprint density at radius 2 is 1.24 bits per heavy atom. The number of hydrogen-bond donors (Lipinski definition) is 4. The van der Waals surface area contributed by atoms with Crippen molar-refractivity contribution in [3.8, 4) is 0 Å². The molecule has 3 aromatic carbocycles. The quantitative estimate of drug-likeness (QED) is 0.117. The fourth-order valence-electron chi connectivity index (χ4n) is 6.32. The summed E-state index contributed by atoms with van der Waals surface area (Å²) in [6.45, 7) is 4.19. The van der Waals surface area contributed by atoms with Gasteiger partial charge in [0.05, 0.1) is 29.1 Å². The zero-order chi connectivity index (χ0) is 41.5. The predicted molar refractivity (Wildman–Crippen MR) is 200 cm³/mol. The average molecular weight is 800 g/mol. The van der Waals surface area contributed by atoms with Gasteiger partial charge in [-0.2, -0.15) is 0 Å². The molecule has 5 N–H and O–H groups in total. The number of aliphatic hydroxyl groups is 3. The van der Waals surface area contributed by atoms with Crippen molar-refractivity contribution in [3.63, 3.8) is 0 Å². The second-order valence-corrected chi connectivity index (χ2v) is 13.3. The second-order valence-electron chi connectivity index (χ2n) is 13.3. The van der Waals surface area contributed by atoms with Gasteiger partial charge in [0.1, 0.15) is 42.4 Å². The van der Waals surface area contributed by atoms with Gasteiger partial charge in [0.15, 0.2) is 23.8 Å². The number of aliphatic hydroxyl groups excluding tert-OH is 3. The first-order valence-electron chi connectivity index (χ1n) is 18.1. The number of ether oxygens (including phenoxy) is 6. The van der Waals surface area contributed by atoms with Gasteiger partial charge in [0, 0.05) is 6.92 Å². The summed E-state index contributed by atoms with van der Waals surface area (Å²) in [5, 5.41) is 29.5. The van der Waals surface area contributed by atoms with E-state index in [0.29, 0.717) is 16.7 Å². The Hall–Kier alpha value is -6.31. The van der Waals surface area contributed by atoms with Crippen LogP contribution in [0.4, 0.5) is 5.82 Å². The molecule has 0 amide bonds. The molecule has 0 aliphatic carbocycles. The number of nitrogen functional groups attached to an aromatic ring is 1. The van der Waals surface area contributed by atoms with Gasteiger partial charge < -0.3 is 49.5 Å². The largest absolute Gasteiger partial charge is 0.456 e. The van der Waals surface area contributed by atoms with Gasteiger partial charge in [0.25, 0.3) is 0 Å². The number of anilines is 1. The summed E-state index contributed by atoms with van der Waals surface area (Å²) in [5.74, 6) is -2.60. The van der Waals surface area contributed by atoms with E-state index < -0.39 is 85.2 Å². The van der Waals surface area contributed by atoms with Crippen molar-refractivity contribution in [2.24, 2.45) is 0 Å². The molecule has 0 bridgehead atoms. The molecule has 2 aliphatic rings. The third kappa shape index (κ3) is 9.28. The van der Waals surface area contributed by atoms with Gasteiger partial charge >= 0.3 is 23.9 Å². The molecule has 18 nitrogen and oxygen atoms in total. The van der Waals surface area contributed by atoms with E-state index in [0.717, 1.165) is 6.92 Å². The maximum atomic E-state index is 13.0. The highest BCUT2D eigenvalue weighted by Gasteiger charge is 2.54. The van der Waals surface area contributed by atoms with Crippen LogP contribution in [0.5, 0.6) is 0 Å². The van der Waals surface area contributed by atoms with Gasteiger partial charge in [-0.1, -0.05) is 54.6 Å². The van der Waals surface area contributed by atoms with Crippen molar-refractivity contribution in [2.45, 2.75) is 82.1 Å². The maximum absolute atomic E-state index is 13.0. The third-order valence-corrected chi connectivity index (χ3v) is 9.17. The van der Waals surface area contributed by atoms with Crippen LogP contribution in [0, 0.1) is 0 Å². The summed E-state index contributed by atoms with van der Waals surface area (Å²) in [6.07, 6.45) is -8.59. The lowest BCUT2D eigenvalue weighted by Gasteiger charge is -2.26. The number of hydrogen-bond acceptors (Lipinski definition) is 17. The summed E-state index contributed by atoms with van der Waals surface area (Å²) in [6, 6.07) is 24.6. The van der Waals surface area contributed by atoms with E-state index in [9.17, 15) is 34.5 Å². The van der Waals surface area contributed by atoms with Crippen LogP contribution in [0.1, 0.15) is 58.1 Å². The van der Waals surface area contributed by atoms with Crippen molar-refractivity contribution in [1.29, 1.82) is 0 Å². The minimum absolute atomic E-state index is 0.217. The van der Waals surface area contributed by atoms with Crippen LogP contribution in [0.2, 0.25) is 0 Å². The summed E-state index contributed by atoms with van der Waals surface area (Å²) in [4.78, 5) is 62.4. The number of carbonyl (C=O) groups excluding carboxylic acids is 4. The highest BCUT2D eigenvalue weighted by molar-refractivity contribution is 5.91. The molecule has 0 radical (unpaired) electrons. The number of imidazole rings is 1. The number of rotatable bonds is 10. The highest BCUT2D eigenvalue weighted by atomic mass is 16.8. The molecule has 0 saturated carbocycles. The van der Waals surface area contributed by atoms with Gasteiger partial charge in [-0.05, 0) is 50.2 Å². The predicted octanol–water partition coefficient (Wildman–Crippen LogP) is 2.38. The molecule has 2 saturated heterocycles. The molecular formula is C40H41N5O13. The van der Waals surface area contributed by atoms with Crippen molar-refractivity contribution < 1.29 is 62.9 Å². The molecule has 7 rings (SSSR count). The third-order valence-electron chi connectivity index (χ3n) is 9.17. The van der Waals surface area contributed by atoms with Gasteiger partial charge in [0.2, 0.25) is 12.4 Å². The van der Waals surface area contributed by atoms with E-state index in [2.05, 4.69) is 15.0 Å². The molecule has 18 heteroatoms. The SMILES string of the molecule is CC(=O)OC1O[C@H](C(C)OC(=O)c2ccccc2)[C@@H](OC(=O)c2ccccc2)C1OC(=O)c1ccccc1.CC(O)[C@H]1OC(n2cnc3c(N)ncnc32)[C@H](O)[C@@H]1O. The van der Waals surface area contributed by atoms with Gasteiger partial charge in [-0.25, -0.2) is 29.3 Å². The van der Waals surface area contributed by atoms with E-state index in [-0.39, 0.29) is 16.9 Å². The standard InChI is InChI=1S/C29H26O9.C11H15N5O4/c1-18(34-26(31)20-12-6-3-7-13-20)23-24(36-27(32)21-14-8-4-9-15-21)25(29(38-23)35-19(2)30)37-28(33)22-16-10-5-11-17-22;1-4(17)8-6(18)7(19)11(20-8)16-3-15-5-9(12)13-2-14-10(5)16/h3-18,23-25,29H,1-2H3;2-4,6-8,11,17-19H,1H3,(H2,12,13,14)/t18?,23-,24-,25?,29?;4?,6-,7+,8+,11?/m10/s1. The molecule has 5 unspecified atom stereocenters. The number of nitrogens with zero attached hydrogens (tertiary/aromatic N) is 4. The van der Waals surface area contributed by atoms with Crippen LogP contribution in [-0.2, 0) is 33.2 Å². The van der Waals surface area contributed by atoms with Crippen molar-refractivity contribution in [2.75, 3.05) is 5.73 Å². The zero-order valence-electron chi connectivity index (χ0n) is 31.4. The molecule has 58 heavy (non-hydrogen) atoms. The normalized spacial score (nSPS) is 24.8. The van der Waals surface area contributed by atoms with Crippen LogP contribution in [0.3, 0.4) is 0 Å². The first-order chi connectivity index (χ1) is 27.8. The second kappa shape index (κ2) is 18.3. The van der Waals surface area contributed by atoms with Crippen LogP contribution in [0.25, 0.3) is 11.2 Å². The fourth-order valence-corrected chi connectivity index (χ4v) is 6.32. The number of aromatic nitrogens is 4. The maximum Gasteiger partial charge on any atom is 0.338 e. The molecule has 2 fully saturated rings. The first kappa shape index (κ1) is 41.3. The lowest BCUT2D eigenvalue weighted by atomic mass is 10.1. The Morgan fingerprint density at radius 3 is 1.76 bits per heavy atom. The Bertz CT molecular complexity index is 2190. The Labute approximate surface area is 331 Å². The Morgan fingerprint density at radius 1 is 0.707 bits per heavy atom. The van der Waals surface area contributed by atoms with Crippen LogP contribution < -0.4 is 5.73 Å². The van der Waals surface area contributed by atoms with E-state index in [4.69, 9.17) is 34.2 Å². The summed E-state index contributed by atoms with van der Waals surface area (Å²) in [7, 11) is 0.